The fourth-order valence-corrected chi connectivity index (χ4v) is 2.88. The maximum Gasteiger partial charge on any atom is 0.164 e. The van der Waals surface area contributed by atoms with Gasteiger partial charge in [-0.25, -0.2) is 0 Å². The number of hydrogen-bond acceptors (Lipinski definition) is 3. The summed E-state index contributed by atoms with van der Waals surface area (Å²) in [6.45, 7) is 10.8. The van der Waals surface area contributed by atoms with E-state index in [4.69, 9.17) is 4.74 Å². The largest absolute Gasteiger partial charge is 0.368 e. The molecule has 0 aromatic carbocycles. The summed E-state index contributed by atoms with van der Waals surface area (Å²) in [6.07, 6.45) is 11.7. The van der Waals surface area contributed by atoms with Crippen LogP contribution in [0.5, 0.6) is 0 Å². The maximum absolute atomic E-state index is 12.5. The normalized spacial score (nSPS) is 14.9. The van der Waals surface area contributed by atoms with Crippen molar-refractivity contribution in [3.8, 4) is 0 Å². The lowest BCUT2D eigenvalue weighted by atomic mass is 9.93. The quantitative estimate of drug-likeness (QED) is 0.289. The summed E-state index contributed by atoms with van der Waals surface area (Å²) in [5, 5.41) is 0. The van der Waals surface area contributed by atoms with E-state index >= 15 is 0 Å². The molecule has 0 amide bonds. The molecule has 0 radical (unpaired) electrons. The van der Waals surface area contributed by atoms with Crippen LogP contribution < -0.4 is 0 Å². The topological polar surface area (TPSA) is 43.4 Å². The SMILES string of the molecule is CCCCCCCC(=O)C(C)(CC)OCCCCCC(=O)C(C)CC. The molecule has 0 rings (SSSR count). The average Bonchev–Trinajstić information content (AvgIpc) is 2.62. The summed E-state index contributed by atoms with van der Waals surface area (Å²) >= 11 is 0. The highest BCUT2D eigenvalue weighted by Gasteiger charge is 2.31. The molecule has 0 spiro atoms. The molecule has 0 bridgehead atoms. The number of Topliss-reactive ketones (excluding diaryl/α,β-unsaturated/α-hetero) is 2. The molecule has 0 heterocycles. The second-order valence-electron chi connectivity index (χ2n) is 7.61. The third-order valence-corrected chi connectivity index (χ3v) is 5.42. The minimum absolute atomic E-state index is 0.189. The van der Waals surface area contributed by atoms with Gasteiger partial charge < -0.3 is 4.74 Å². The highest BCUT2D eigenvalue weighted by atomic mass is 16.5. The van der Waals surface area contributed by atoms with Crippen molar-refractivity contribution in [2.75, 3.05) is 6.61 Å². The molecule has 3 nitrogen and oxygen atoms in total. The lowest BCUT2D eigenvalue weighted by Crippen LogP contribution is -2.38. The molecule has 2 atom stereocenters. The maximum atomic E-state index is 12.5. The van der Waals surface area contributed by atoms with Crippen molar-refractivity contribution < 1.29 is 14.3 Å². The molecule has 0 aromatic rings. The zero-order chi connectivity index (χ0) is 19.1. The Morgan fingerprint density at radius 3 is 2.08 bits per heavy atom. The number of unbranched alkanes of at least 4 members (excludes halogenated alkanes) is 6. The molecule has 25 heavy (non-hydrogen) atoms. The van der Waals surface area contributed by atoms with Gasteiger partial charge in [-0.2, -0.15) is 0 Å². The Morgan fingerprint density at radius 2 is 1.48 bits per heavy atom. The van der Waals surface area contributed by atoms with E-state index in [9.17, 15) is 9.59 Å². The highest BCUT2D eigenvalue weighted by molar-refractivity contribution is 5.86. The minimum Gasteiger partial charge on any atom is -0.368 e. The molecule has 0 aromatic heterocycles. The second kappa shape index (κ2) is 14.5. The van der Waals surface area contributed by atoms with E-state index in [0.29, 0.717) is 25.2 Å². The Kier molecular flexibility index (Phi) is 14.1. The Bertz CT molecular complexity index is 364. The first kappa shape index (κ1) is 24.3. The first-order valence-corrected chi connectivity index (χ1v) is 10.6. The molecule has 0 aliphatic carbocycles. The van der Waals surface area contributed by atoms with Crippen LogP contribution in [0.25, 0.3) is 0 Å². The molecule has 0 fully saturated rings. The Hall–Kier alpha value is -0.700. The Morgan fingerprint density at radius 1 is 0.880 bits per heavy atom. The molecule has 2 unspecified atom stereocenters. The summed E-state index contributed by atoms with van der Waals surface area (Å²) < 4.78 is 5.96. The fraction of sp³-hybridized carbons (Fsp3) is 0.909. The van der Waals surface area contributed by atoms with Crippen LogP contribution in [0.4, 0.5) is 0 Å². The monoisotopic (exact) mass is 354 g/mol. The average molecular weight is 355 g/mol. The van der Waals surface area contributed by atoms with Gasteiger partial charge in [0.25, 0.3) is 0 Å². The first-order chi connectivity index (χ1) is 11.9. The van der Waals surface area contributed by atoms with Crippen molar-refractivity contribution in [1.29, 1.82) is 0 Å². The molecule has 3 heteroatoms. The lowest BCUT2D eigenvalue weighted by Gasteiger charge is -2.27. The van der Waals surface area contributed by atoms with Gasteiger partial charge in [0.15, 0.2) is 5.78 Å². The van der Waals surface area contributed by atoms with E-state index in [-0.39, 0.29) is 11.7 Å². The van der Waals surface area contributed by atoms with Gasteiger partial charge in [0.05, 0.1) is 0 Å². The molecule has 0 saturated heterocycles. The predicted molar refractivity (Wildman–Crippen MR) is 106 cm³/mol. The van der Waals surface area contributed by atoms with Gasteiger partial charge in [-0.3, -0.25) is 9.59 Å². The van der Waals surface area contributed by atoms with Crippen LogP contribution in [-0.4, -0.2) is 23.8 Å². The number of ketones is 2. The minimum atomic E-state index is -0.628. The molecule has 148 valence electrons. The molecular weight excluding hydrogens is 312 g/mol. The standard InChI is InChI=1S/C22H42O3/c1-6-9-10-11-14-17-21(24)22(5,8-3)25-18-15-12-13-16-20(23)19(4)7-2/h19H,6-18H2,1-5H3. The smallest absolute Gasteiger partial charge is 0.164 e. The van der Waals surface area contributed by atoms with E-state index in [2.05, 4.69) is 13.8 Å². The van der Waals surface area contributed by atoms with Crippen LogP contribution in [0.15, 0.2) is 0 Å². The van der Waals surface area contributed by atoms with Crippen LogP contribution in [0.1, 0.15) is 112 Å². The van der Waals surface area contributed by atoms with Crippen molar-refractivity contribution in [1.82, 2.24) is 0 Å². The predicted octanol–water partition coefficient (Wildman–Crippen LogP) is 6.28. The van der Waals surface area contributed by atoms with Crippen molar-refractivity contribution >= 4 is 11.6 Å². The number of hydrogen-bond donors (Lipinski definition) is 0. The third-order valence-electron chi connectivity index (χ3n) is 5.42. The van der Waals surface area contributed by atoms with Gasteiger partial charge in [0, 0.05) is 25.4 Å². The van der Waals surface area contributed by atoms with E-state index in [0.717, 1.165) is 44.9 Å². The molecule has 0 aliphatic heterocycles. The van der Waals surface area contributed by atoms with Crippen LogP contribution >= 0.6 is 0 Å². The Labute approximate surface area is 156 Å². The number of ether oxygens (including phenoxy) is 1. The van der Waals surface area contributed by atoms with E-state index in [1.807, 2.05) is 20.8 Å². The van der Waals surface area contributed by atoms with E-state index in [1.165, 1.54) is 19.3 Å². The summed E-state index contributed by atoms with van der Waals surface area (Å²) in [5.74, 6) is 0.813. The summed E-state index contributed by atoms with van der Waals surface area (Å²) in [6, 6.07) is 0. The van der Waals surface area contributed by atoms with E-state index in [1.54, 1.807) is 0 Å². The van der Waals surface area contributed by atoms with Crippen LogP contribution in [0.2, 0.25) is 0 Å². The number of rotatable bonds is 17. The molecule has 0 N–H and O–H groups in total. The molecule has 0 saturated carbocycles. The van der Waals surface area contributed by atoms with Crippen molar-refractivity contribution in [3.05, 3.63) is 0 Å². The van der Waals surface area contributed by atoms with Gasteiger partial charge in [-0.1, -0.05) is 59.8 Å². The van der Waals surface area contributed by atoms with Crippen LogP contribution in [-0.2, 0) is 14.3 Å². The summed E-state index contributed by atoms with van der Waals surface area (Å²) in [5.41, 5.74) is -0.628. The van der Waals surface area contributed by atoms with Gasteiger partial charge in [-0.15, -0.1) is 0 Å². The number of carbonyl (C=O) groups excluding carboxylic acids is 2. The van der Waals surface area contributed by atoms with Crippen LogP contribution in [0, 0.1) is 5.92 Å². The van der Waals surface area contributed by atoms with Gasteiger partial charge in [0.2, 0.25) is 0 Å². The van der Waals surface area contributed by atoms with Crippen LogP contribution in [0.3, 0.4) is 0 Å². The summed E-state index contributed by atoms with van der Waals surface area (Å²) in [4.78, 5) is 24.3. The van der Waals surface area contributed by atoms with Crippen molar-refractivity contribution in [3.63, 3.8) is 0 Å². The zero-order valence-electron chi connectivity index (χ0n) is 17.5. The summed E-state index contributed by atoms with van der Waals surface area (Å²) in [7, 11) is 0. The Balaban J connectivity index is 3.94. The zero-order valence-corrected chi connectivity index (χ0v) is 17.5. The van der Waals surface area contributed by atoms with Crippen molar-refractivity contribution in [2.45, 2.75) is 117 Å². The molecular formula is C22H42O3. The third kappa shape index (κ3) is 10.8. The second-order valence-corrected chi connectivity index (χ2v) is 7.61. The number of carbonyl (C=O) groups is 2. The highest BCUT2D eigenvalue weighted by Crippen LogP contribution is 2.21. The first-order valence-electron chi connectivity index (χ1n) is 10.6. The molecule has 0 aliphatic rings. The van der Waals surface area contributed by atoms with Gasteiger partial charge in [-0.05, 0) is 39.0 Å². The van der Waals surface area contributed by atoms with Gasteiger partial charge in [0.1, 0.15) is 11.4 Å². The van der Waals surface area contributed by atoms with Crippen molar-refractivity contribution in [2.24, 2.45) is 5.92 Å². The van der Waals surface area contributed by atoms with Gasteiger partial charge >= 0.3 is 0 Å². The lowest BCUT2D eigenvalue weighted by molar-refractivity contribution is -0.143. The van der Waals surface area contributed by atoms with E-state index < -0.39 is 5.60 Å². The fourth-order valence-electron chi connectivity index (χ4n) is 2.88.